The van der Waals surface area contributed by atoms with Crippen molar-refractivity contribution in [3.05, 3.63) is 33.4 Å². The average Bonchev–Trinajstić information content (AvgIpc) is 2.96. The Bertz CT molecular complexity index is 809. The Morgan fingerprint density at radius 1 is 0.647 bits per heavy atom. The van der Waals surface area contributed by atoms with Gasteiger partial charge in [-0.05, 0) is 41.5 Å². The van der Waals surface area contributed by atoms with Crippen molar-refractivity contribution in [2.45, 2.75) is 56.4 Å². The van der Waals surface area contributed by atoms with Crippen LogP contribution < -0.4 is 0 Å². The third kappa shape index (κ3) is 13.8. The first kappa shape index (κ1) is 41.6. The summed E-state index contributed by atoms with van der Waals surface area (Å²) in [5, 5.41) is 16.6. The average molecular weight is 563 g/mol. The van der Waals surface area contributed by atoms with Gasteiger partial charge in [-0.2, -0.15) is 0 Å². The number of carboxylic acid groups (broad SMARTS) is 2. The molecular formula is C22H34O11Y. The molecule has 0 aromatic rings. The molecule has 34 heavy (non-hydrogen) atoms. The van der Waals surface area contributed by atoms with Crippen LogP contribution in [0.4, 0.5) is 0 Å². The van der Waals surface area contributed by atoms with Gasteiger partial charge in [0.2, 0.25) is 0 Å². The van der Waals surface area contributed by atoms with Crippen molar-refractivity contribution in [3.8, 4) is 0 Å². The molecule has 0 fully saturated rings. The summed E-state index contributed by atoms with van der Waals surface area (Å²) in [6.07, 6.45) is 0. The molecule has 0 aromatic heterocycles. The van der Waals surface area contributed by atoms with E-state index >= 15 is 0 Å². The van der Waals surface area contributed by atoms with Gasteiger partial charge in [-0.3, -0.25) is 0 Å². The minimum Gasteiger partial charge on any atom is -0.478 e. The molecule has 0 bridgehead atoms. The molecule has 2 N–H and O–H groups in total. The largest absolute Gasteiger partial charge is 0.478 e. The van der Waals surface area contributed by atoms with Gasteiger partial charge in [0.15, 0.2) is 0 Å². The molecule has 0 saturated carbocycles. The van der Waals surface area contributed by atoms with Crippen molar-refractivity contribution in [2.75, 3.05) is 14.2 Å². The number of methoxy groups -OCH3 is 2. The molecule has 1 rings (SSSR count). The second-order valence-electron chi connectivity index (χ2n) is 6.02. The van der Waals surface area contributed by atoms with Crippen LogP contribution in [0.3, 0.4) is 0 Å². The maximum absolute atomic E-state index is 10.9. The number of hydrogen-bond donors (Lipinski definition) is 2. The Balaban J connectivity index is -0.000000119. The predicted molar refractivity (Wildman–Crippen MR) is 119 cm³/mol. The number of carbonyl (C=O) groups is 6. The molecule has 1 heterocycles. The Labute approximate surface area is 225 Å². The van der Waals surface area contributed by atoms with Crippen LogP contribution in [-0.4, -0.2) is 60.2 Å². The molecule has 12 heteroatoms. The second kappa shape index (κ2) is 19.8. The summed E-state index contributed by atoms with van der Waals surface area (Å²) in [4.78, 5) is 63.0. The summed E-state index contributed by atoms with van der Waals surface area (Å²) in [5.74, 6) is -4.45. The molecule has 0 aromatic carbocycles. The van der Waals surface area contributed by atoms with Gasteiger partial charge < -0.3 is 24.4 Å². The molecule has 11 nitrogen and oxygen atoms in total. The van der Waals surface area contributed by atoms with E-state index in [4.69, 9.17) is 10.2 Å². The van der Waals surface area contributed by atoms with Crippen molar-refractivity contribution in [1.29, 1.82) is 0 Å². The number of hydrogen-bond acceptors (Lipinski definition) is 9. The van der Waals surface area contributed by atoms with Gasteiger partial charge in [0.1, 0.15) is 0 Å². The van der Waals surface area contributed by atoms with Crippen molar-refractivity contribution >= 4 is 35.8 Å². The third-order valence-electron chi connectivity index (χ3n) is 4.11. The molecule has 1 aliphatic rings. The minimum atomic E-state index is -1.19. The van der Waals surface area contributed by atoms with E-state index in [0.717, 1.165) is 0 Å². The van der Waals surface area contributed by atoms with Gasteiger partial charge in [-0.15, -0.1) is 0 Å². The summed E-state index contributed by atoms with van der Waals surface area (Å²) >= 11 is 0. The van der Waals surface area contributed by atoms with Gasteiger partial charge in [-0.1, -0.05) is 14.9 Å². The Morgan fingerprint density at radius 2 is 0.882 bits per heavy atom. The molecule has 1 radical (unpaired) electrons. The quantitative estimate of drug-likeness (QED) is 0.223. The van der Waals surface area contributed by atoms with Gasteiger partial charge in [-0.25, -0.2) is 28.8 Å². The molecule has 0 atom stereocenters. The van der Waals surface area contributed by atoms with E-state index in [2.05, 4.69) is 14.2 Å². The van der Waals surface area contributed by atoms with Crippen LogP contribution in [0, 0.1) is 0 Å². The van der Waals surface area contributed by atoms with Crippen LogP contribution in [0.5, 0.6) is 0 Å². The molecule has 0 amide bonds. The SMILES string of the molecule is C.C.CC(C(=O)O)=C(C)C(=O)O.CC1=C(C)C(=O)OC1=O.COC(=O)/C(C)=C(/C)C(=O)OC.[Y]. The van der Waals surface area contributed by atoms with Crippen molar-refractivity contribution in [3.63, 3.8) is 0 Å². The zero-order valence-electron chi connectivity index (χ0n) is 19.1. The topological polar surface area (TPSA) is 171 Å². The first-order chi connectivity index (χ1) is 14.1. The normalized spacial score (nSPS) is 12.7. The standard InChI is InChI=1S/C8H12O4.C6H8O4.C6H6O3.2CH4.Y/c1-5(7(9)11-3)6(2)8(10)12-4;1-3(5(7)8)4(2)6(9)10;1-3-4(2)6(8)9-5(3)7;;;/h1-4H3;1-2H3,(H,7,8)(H,9,10);1-2H3;2*1H4;/b6-5-;;;;;. The fourth-order valence-corrected chi connectivity index (χ4v) is 1.48. The van der Waals surface area contributed by atoms with E-state index in [1.807, 2.05) is 0 Å². The van der Waals surface area contributed by atoms with Crippen LogP contribution in [0.2, 0.25) is 0 Å². The fourth-order valence-electron chi connectivity index (χ4n) is 1.48. The van der Waals surface area contributed by atoms with Crippen LogP contribution in [0.15, 0.2) is 33.4 Å². The van der Waals surface area contributed by atoms with Gasteiger partial charge in [0.25, 0.3) is 0 Å². The van der Waals surface area contributed by atoms with Crippen molar-refractivity contribution < 1.29 is 85.9 Å². The number of carbonyl (C=O) groups excluding carboxylic acids is 4. The van der Waals surface area contributed by atoms with Gasteiger partial charge in [0, 0.05) is 66.1 Å². The van der Waals surface area contributed by atoms with E-state index in [9.17, 15) is 28.8 Å². The summed E-state index contributed by atoms with van der Waals surface area (Å²) in [7, 11) is 2.52. The molecule has 0 saturated heterocycles. The van der Waals surface area contributed by atoms with Crippen molar-refractivity contribution in [2.24, 2.45) is 0 Å². The number of rotatable bonds is 4. The number of ether oxygens (including phenoxy) is 3. The van der Waals surface area contributed by atoms with E-state index < -0.39 is 35.8 Å². The Morgan fingerprint density at radius 3 is 1.00 bits per heavy atom. The van der Waals surface area contributed by atoms with Crippen LogP contribution >= 0.6 is 0 Å². The van der Waals surface area contributed by atoms with E-state index in [-0.39, 0.29) is 69.9 Å². The first-order valence-electron chi connectivity index (χ1n) is 8.55. The fraction of sp³-hybridized carbons (Fsp3) is 0.455. The summed E-state index contributed by atoms with van der Waals surface area (Å²) in [6.45, 7) is 8.68. The molecule has 0 spiro atoms. The molecule has 1 aliphatic heterocycles. The Kier molecular flexibility index (Phi) is 24.2. The number of aliphatic carboxylic acids is 2. The van der Waals surface area contributed by atoms with Crippen LogP contribution in [-0.2, 0) is 75.7 Å². The molecule has 0 unspecified atom stereocenters. The number of cyclic esters (lactones) is 2. The maximum atomic E-state index is 10.9. The second-order valence-corrected chi connectivity index (χ2v) is 6.02. The van der Waals surface area contributed by atoms with Gasteiger partial charge >= 0.3 is 35.8 Å². The van der Waals surface area contributed by atoms with Crippen molar-refractivity contribution in [1.82, 2.24) is 0 Å². The third-order valence-corrected chi connectivity index (χ3v) is 4.11. The summed E-state index contributed by atoms with van der Waals surface area (Å²) < 4.78 is 13.1. The van der Waals surface area contributed by atoms with Gasteiger partial charge in [0.05, 0.1) is 14.2 Å². The van der Waals surface area contributed by atoms with E-state index in [1.165, 1.54) is 41.9 Å². The summed E-state index contributed by atoms with van der Waals surface area (Å²) in [5.41, 5.74) is 1.11. The molecular weight excluding hydrogens is 529 g/mol. The Hall–Kier alpha value is -2.66. The molecule has 191 valence electrons. The zero-order chi connectivity index (χ0) is 25.0. The predicted octanol–water partition coefficient (Wildman–Crippen LogP) is 2.84. The number of esters is 4. The number of carboxylic acids is 2. The van der Waals surface area contributed by atoms with E-state index in [0.29, 0.717) is 11.1 Å². The monoisotopic (exact) mass is 563 g/mol. The molecule has 0 aliphatic carbocycles. The first-order valence-corrected chi connectivity index (χ1v) is 8.55. The minimum absolute atomic E-state index is 0. The van der Waals surface area contributed by atoms with E-state index in [1.54, 1.807) is 13.8 Å². The van der Waals surface area contributed by atoms with Crippen LogP contribution in [0.25, 0.3) is 0 Å². The summed E-state index contributed by atoms with van der Waals surface area (Å²) in [6, 6.07) is 0. The maximum Gasteiger partial charge on any atom is 0.342 e. The zero-order valence-corrected chi connectivity index (χ0v) is 22.0. The smallest absolute Gasteiger partial charge is 0.342 e. The van der Waals surface area contributed by atoms with Crippen LogP contribution in [0.1, 0.15) is 56.4 Å².